The van der Waals surface area contributed by atoms with E-state index in [1.54, 1.807) is 34.9 Å². The van der Waals surface area contributed by atoms with Crippen LogP contribution in [0.5, 0.6) is 0 Å². The van der Waals surface area contributed by atoms with Gasteiger partial charge < -0.3 is 14.5 Å². The van der Waals surface area contributed by atoms with Crippen molar-refractivity contribution in [1.29, 1.82) is 0 Å². The first-order chi connectivity index (χ1) is 13.0. The van der Waals surface area contributed by atoms with E-state index in [9.17, 15) is 14.4 Å². The monoisotopic (exact) mass is 393 g/mol. The molecule has 8 heteroatoms. The van der Waals surface area contributed by atoms with Gasteiger partial charge in [0, 0.05) is 36.9 Å². The molecule has 3 rings (SSSR count). The summed E-state index contributed by atoms with van der Waals surface area (Å²) in [6, 6.07) is 6.90. The molecule has 0 saturated carbocycles. The lowest BCUT2D eigenvalue weighted by atomic mass is 9.98. The van der Waals surface area contributed by atoms with Crippen molar-refractivity contribution in [2.75, 3.05) is 44.2 Å². The highest BCUT2D eigenvalue weighted by molar-refractivity contribution is 6.30. The van der Waals surface area contributed by atoms with E-state index < -0.39 is 0 Å². The van der Waals surface area contributed by atoms with E-state index in [-0.39, 0.29) is 30.4 Å². The molecular formula is C19H24ClN3O4. The fraction of sp³-hybridized carbons (Fsp3) is 0.526. The van der Waals surface area contributed by atoms with Crippen molar-refractivity contribution >= 4 is 35.2 Å². The van der Waals surface area contributed by atoms with Gasteiger partial charge in [-0.05, 0) is 38.0 Å². The molecule has 0 unspecified atom stereocenters. The number of anilines is 1. The first-order valence-electron chi connectivity index (χ1n) is 9.26. The lowest BCUT2D eigenvalue weighted by Gasteiger charge is -2.32. The van der Waals surface area contributed by atoms with Crippen molar-refractivity contribution in [2.24, 2.45) is 5.92 Å². The summed E-state index contributed by atoms with van der Waals surface area (Å²) in [6.45, 7) is 4.08. The number of benzene rings is 1. The summed E-state index contributed by atoms with van der Waals surface area (Å²) in [7, 11) is 0. The highest BCUT2D eigenvalue weighted by Crippen LogP contribution is 2.24. The second-order valence-electron chi connectivity index (χ2n) is 6.77. The number of piperidine rings is 1. The molecular weight excluding hydrogens is 370 g/mol. The number of hydrogen-bond acceptors (Lipinski definition) is 4. The van der Waals surface area contributed by atoms with Crippen molar-refractivity contribution in [3.05, 3.63) is 29.3 Å². The van der Waals surface area contributed by atoms with E-state index >= 15 is 0 Å². The van der Waals surface area contributed by atoms with Crippen molar-refractivity contribution in [3.8, 4) is 0 Å². The average molecular weight is 394 g/mol. The number of likely N-dealkylation sites (tertiary alicyclic amines) is 1. The Labute approximate surface area is 163 Å². The van der Waals surface area contributed by atoms with Gasteiger partial charge in [-0.25, -0.2) is 4.79 Å². The van der Waals surface area contributed by atoms with Crippen LogP contribution >= 0.6 is 11.6 Å². The second-order valence-corrected chi connectivity index (χ2v) is 7.20. The number of halogens is 1. The van der Waals surface area contributed by atoms with Crippen LogP contribution in [0.4, 0.5) is 10.5 Å². The Balaban J connectivity index is 1.58. The molecule has 2 saturated heterocycles. The van der Waals surface area contributed by atoms with Gasteiger partial charge in [-0.15, -0.1) is 0 Å². The van der Waals surface area contributed by atoms with Crippen LogP contribution in [0, 0.1) is 5.92 Å². The predicted molar refractivity (Wildman–Crippen MR) is 102 cm³/mol. The number of esters is 1. The molecule has 0 spiro atoms. The predicted octanol–water partition coefficient (Wildman–Crippen LogP) is 2.38. The van der Waals surface area contributed by atoms with Gasteiger partial charge in [-0.2, -0.15) is 0 Å². The van der Waals surface area contributed by atoms with Gasteiger partial charge in [0.15, 0.2) is 0 Å². The first-order valence-corrected chi connectivity index (χ1v) is 9.63. The minimum Gasteiger partial charge on any atom is -0.466 e. The molecule has 0 aliphatic carbocycles. The van der Waals surface area contributed by atoms with Gasteiger partial charge in [0.05, 0.1) is 12.5 Å². The van der Waals surface area contributed by atoms with E-state index in [2.05, 4.69) is 0 Å². The Hall–Kier alpha value is -2.28. The summed E-state index contributed by atoms with van der Waals surface area (Å²) in [5.41, 5.74) is 0.725. The van der Waals surface area contributed by atoms with Crippen LogP contribution in [-0.2, 0) is 14.3 Å². The normalized spacial score (nSPS) is 20.1. The quantitative estimate of drug-likeness (QED) is 0.720. The van der Waals surface area contributed by atoms with Crippen LogP contribution in [-0.4, -0.2) is 67.0 Å². The highest BCUT2D eigenvalue weighted by Gasteiger charge is 2.34. The number of ether oxygens (including phenoxy) is 1. The molecule has 7 nitrogen and oxygen atoms in total. The Bertz CT molecular complexity index is 727. The Morgan fingerprint density at radius 2 is 2.07 bits per heavy atom. The maximum Gasteiger partial charge on any atom is 0.325 e. The molecule has 2 aliphatic rings. The number of hydrogen-bond donors (Lipinski definition) is 0. The second kappa shape index (κ2) is 8.61. The first kappa shape index (κ1) is 19.5. The van der Waals surface area contributed by atoms with Crippen molar-refractivity contribution < 1.29 is 19.1 Å². The zero-order valence-corrected chi connectivity index (χ0v) is 16.2. The van der Waals surface area contributed by atoms with Crippen LogP contribution in [0.15, 0.2) is 24.3 Å². The molecule has 2 heterocycles. The fourth-order valence-corrected chi connectivity index (χ4v) is 3.72. The van der Waals surface area contributed by atoms with Gasteiger partial charge in [0.2, 0.25) is 5.91 Å². The maximum absolute atomic E-state index is 12.7. The van der Waals surface area contributed by atoms with Crippen LogP contribution in [0.3, 0.4) is 0 Å². The Morgan fingerprint density at radius 3 is 2.81 bits per heavy atom. The smallest absolute Gasteiger partial charge is 0.325 e. The third kappa shape index (κ3) is 4.53. The fourth-order valence-electron chi connectivity index (χ4n) is 3.53. The van der Waals surface area contributed by atoms with Crippen molar-refractivity contribution in [1.82, 2.24) is 9.80 Å². The van der Waals surface area contributed by atoms with E-state index in [4.69, 9.17) is 16.3 Å². The van der Waals surface area contributed by atoms with Gasteiger partial charge in [0.25, 0.3) is 0 Å². The molecule has 0 aromatic heterocycles. The summed E-state index contributed by atoms with van der Waals surface area (Å²) in [5, 5.41) is 0.563. The highest BCUT2D eigenvalue weighted by atomic mass is 35.5. The summed E-state index contributed by atoms with van der Waals surface area (Å²) in [6.07, 6.45) is 1.49. The largest absolute Gasteiger partial charge is 0.466 e. The zero-order chi connectivity index (χ0) is 19.4. The van der Waals surface area contributed by atoms with E-state index in [1.165, 1.54) is 4.90 Å². The lowest BCUT2D eigenvalue weighted by Crippen LogP contribution is -2.47. The maximum atomic E-state index is 12.7. The molecule has 3 amide bonds. The summed E-state index contributed by atoms with van der Waals surface area (Å²) < 4.78 is 5.07. The lowest BCUT2D eigenvalue weighted by molar-refractivity contribution is -0.151. The standard InChI is InChI=1S/C19H24ClN3O4/c1-2-27-18(25)14-5-4-8-21(12-14)17(24)13-22-9-10-23(19(22)26)16-7-3-6-15(20)11-16/h3,6-7,11,14H,2,4-5,8-10,12-13H2,1H3/t14-/m1/s1. The minimum atomic E-state index is -0.278. The molecule has 146 valence electrons. The van der Waals surface area contributed by atoms with Crippen LogP contribution in [0.1, 0.15) is 19.8 Å². The number of nitrogens with zero attached hydrogens (tertiary/aromatic N) is 3. The Kier molecular flexibility index (Phi) is 6.21. The molecule has 1 atom stereocenters. The van der Waals surface area contributed by atoms with Gasteiger partial charge in [-0.3, -0.25) is 14.5 Å². The average Bonchev–Trinajstić information content (AvgIpc) is 3.02. The zero-order valence-electron chi connectivity index (χ0n) is 15.4. The summed E-state index contributed by atoms with van der Waals surface area (Å²) in [5.74, 6) is -0.662. The third-order valence-corrected chi connectivity index (χ3v) is 5.17. The molecule has 0 bridgehead atoms. The molecule has 0 radical (unpaired) electrons. The SMILES string of the molecule is CCOC(=O)[C@@H]1CCCN(C(=O)CN2CCN(c3cccc(Cl)c3)C2=O)C1. The summed E-state index contributed by atoms with van der Waals surface area (Å²) >= 11 is 6.00. The van der Waals surface area contributed by atoms with E-state index in [0.29, 0.717) is 37.8 Å². The minimum absolute atomic E-state index is 0.0193. The van der Waals surface area contributed by atoms with Crippen LogP contribution in [0.2, 0.25) is 5.02 Å². The van der Waals surface area contributed by atoms with Crippen LogP contribution in [0.25, 0.3) is 0 Å². The number of carbonyl (C=O) groups excluding carboxylic acids is 3. The van der Waals surface area contributed by atoms with Gasteiger partial charge in [-0.1, -0.05) is 17.7 Å². The Morgan fingerprint density at radius 1 is 1.26 bits per heavy atom. The number of carbonyl (C=O) groups is 3. The molecule has 0 N–H and O–H groups in total. The molecule has 1 aromatic rings. The number of rotatable bonds is 5. The van der Waals surface area contributed by atoms with E-state index in [0.717, 1.165) is 18.5 Å². The van der Waals surface area contributed by atoms with E-state index in [1.807, 2.05) is 6.07 Å². The molecule has 2 fully saturated rings. The summed E-state index contributed by atoms with van der Waals surface area (Å²) in [4.78, 5) is 42.1. The topological polar surface area (TPSA) is 70.2 Å². The van der Waals surface area contributed by atoms with Crippen molar-refractivity contribution in [2.45, 2.75) is 19.8 Å². The van der Waals surface area contributed by atoms with Crippen LogP contribution < -0.4 is 4.90 Å². The number of amides is 3. The van der Waals surface area contributed by atoms with Crippen molar-refractivity contribution in [3.63, 3.8) is 0 Å². The molecule has 27 heavy (non-hydrogen) atoms. The van der Waals surface area contributed by atoms with Gasteiger partial charge in [0.1, 0.15) is 6.54 Å². The third-order valence-electron chi connectivity index (χ3n) is 4.93. The number of urea groups is 1. The molecule has 1 aromatic carbocycles. The molecule has 2 aliphatic heterocycles. The van der Waals surface area contributed by atoms with Gasteiger partial charge >= 0.3 is 12.0 Å².